The lowest BCUT2D eigenvalue weighted by atomic mass is 10.1. The molecule has 1 amide bonds. The number of anilines is 1. The monoisotopic (exact) mass is 535 g/mol. The number of halogens is 1. The van der Waals surface area contributed by atoms with Crippen LogP contribution >= 0.6 is 15.9 Å². The summed E-state index contributed by atoms with van der Waals surface area (Å²) in [6, 6.07) is 7.01. The molecule has 2 aliphatic rings. The number of nitrogens with one attached hydrogen (secondary N) is 2. The number of carbonyl (C=O) groups excluding carboxylic acids is 1. The highest BCUT2D eigenvalue weighted by Gasteiger charge is 2.56. The van der Waals surface area contributed by atoms with Gasteiger partial charge in [0.1, 0.15) is 24.1 Å². The van der Waals surface area contributed by atoms with Crippen molar-refractivity contribution in [3.63, 3.8) is 0 Å². The standard InChI is InChI=1S/C21H22BrN5O7/c1-21(2)33-15-12(7-28)32-19(16(15)34-21)27-9-23-14-17(27)25-20(26-18(14)30)24-13(29)8-31-11-5-3-10(22)4-6-11/h3-6,9,12,15-16,19,28H,7-8H2,1-2H3,(H2,24,25,26,29,30)/t12-,15-,16+,19-/m0/s1. The number of imidazole rings is 1. The first kappa shape index (κ1) is 22.9. The summed E-state index contributed by atoms with van der Waals surface area (Å²) in [4.78, 5) is 35.9. The Labute approximate surface area is 201 Å². The molecule has 13 heteroatoms. The average molecular weight is 536 g/mol. The van der Waals surface area contributed by atoms with Gasteiger partial charge in [0.15, 0.2) is 29.8 Å². The molecule has 0 spiro atoms. The molecule has 0 unspecified atom stereocenters. The van der Waals surface area contributed by atoms with E-state index < -0.39 is 41.8 Å². The van der Waals surface area contributed by atoms with E-state index in [4.69, 9.17) is 18.9 Å². The van der Waals surface area contributed by atoms with E-state index in [2.05, 4.69) is 36.2 Å². The molecule has 2 aliphatic heterocycles. The molecule has 1 aromatic carbocycles. The number of hydrogen-bond acceptors (Lipinski definition) is 9. The van der Waals surface area contributed by atoms with Crippen molar-refractivity contribution in [1.29, 1.82) is 0 Å². The molecule has 2 aromatic heterocycles. The quantitative estimate of drug-likeness (QED) is 0.424. The summed E-state index contributed by atoms with van der Waals surface area (Å²) >= 11 is 3.33. The number of rotatable bonds is 6. The van der Waals surface area contributed by atoms with Crippen molar-refractivity contribution in [1.82, 2.24) is 19.5 Å². The summed E-state index contributed by atoms with van der Waals surface area (Å²) in [6.45, 7) is 3.00. The van der Waals surface area contributed by atoms with Gasteiger partial charge in [-0.3, -0.25) is 24.5 Å². The fraction of sp³-hybridized carbons (Fsp3) is 0.429. The number of H-pyrrole nitrogens is 1. The van der Waals surface area contributed by atoms with Gasteiger partial charge in [0.05, 0.1) is 12.9 Å². The van der Waals surface area contributed by atoms with E-state index in [0.717, 1.165) is 4.47 Å². The number of ether oxygens (including phenoxy) is 4. The van der Waals surface area contributed by atoms with Crippen molar-refractivity contribution in [2.75, 3.05) is 18.5 Å². The molecule has 5 rings (SSSR count). The number of aromatic amines is 1. The number of aliphatic hydroxyl groups is 1. The van der Waals surface area contributed by atoms with Gasteiger partial charge >= 0.3 is 0 Å². The van der Waals surface area contributed by atoms with Gasteiger partial charge in [-0.25, -0.2) is 4.98 Å². The van der Waals surface area contributed by atoms with Gasteiger partial charge in [0.2, 0.25) is 5.95 Å². The van der Waals surface area contributed by atoms with Gasteiger partial charge in [-0.2, -0.15) is 4.98 Å². The minimum Gasteiger partial charge on any atom is -0.484 e. The van der Waals surface area contributed by atoms with E-state index >= 15 is 0 Å². The number of aromatic nitrogens is 4. The molecule has 34 heavy (non-hydrogen) atoms. The molecule has 4 atom stereocenters. The number of aliphatic hydroxyl groups excluding tert-OH is 1. The molecular formula is C21H22BrN5O7. The number of fused-ring (bicyclic) bond motifs is 2. The van der Waals surface area contributed by atoms with Crippen LogP contribution in [0.4, 0.5) is 5.95 Å². The number of carbonyl (C=O) groups is 1. The molecule has 0 radical (unpaired) electrons. The molecule has 4 heterocycles. The Bertz CT molecular complexity index is 1270. The van der Waals surface area contributed by atoms with Crippen LogP contribution < -0.4 is 15.6 Å². The van der Waals surface area contributed by atoms with Gasteiger partial charge in [-0.05, 0) is 38.1 Å². The highest BCUT2D eigenvalue weighted by atomic mass is 79.9. The summed E-state index contributed by atoms with van der Waals surface area (Å²) in [5.41, 5.74) is -0.288. The average Bonchev–Trinajstić information content (AvgIpc) is 3.44. The highest BCUT2D eigenvalue weighted by Crippen LogP contribution is 2.43. The number of benzene rings is 1. The third-order valence-corrected chi connectivity index (χ3v) is 5.98. The highest BCUT2D eigenvalue weighted by molar-refractivity contribution is 9.10. The Morgan fingerprint density at radius 2 is 2.03 bits per heavy atom. The topological polar surface area (TPSA) is 150 Å². The first-order chi connectivity index (χ1) is 16.2. The summed E-state index contributed by atoms with van der Waals surface area (Å²) in [5.74, 6) is -0.925. The third-order valence-electron chi connectivity index (χ3n) is 5.45. The van der Waals surface area contributed by atoms with Crippen LogP contribution in [0.2, 0.25) is 0 Å². The fourth-order valence-corrected chi connectivity index (χ4v) is 4.31. The van der Waals surface area contributed by atoms with Crippen LogP contribution in [0.1, 0.15) is 20.1 Å². The fourth-order valence-electron chi connectivity index (χ4n) is 4.05. The zero-order chi connectivity index (χ0) is 24.0. The molecule has 0 aliphatic carbocycles. The third kappa shape index (κ3) is 4.32. The Hall–Kier alpha value is -2.84. The molecule has 0 saturated carbocycles. The molecule has 3 aromatic rings. The molecule has 2 fully saturated rings. The minimum absolute atomic E-state index is 0.0647. The summed E-state index contributed by atoms with van der Waals surface area (Å²) in [5, 5.41) is 12.3. The van der Waals surface area contributed by atoms with Crippen LogP contribution in [0.5, 0.6) is 5.75 Å². The van der Waals surface area contributed by atoms with Crippen molar-refractivity contribution >= 4 is 38.9 Å². The van der Waals surface area contributed by atoms with Gasteiger partial charge in [-0.1, -0.05) is 15.9 Å². The van der Waals surface area contributed by atoms with Crippen LogP contribution in [0, 0.1) is 0 Å². The second-order valence-corrected chi connectivity index (χ2v) is 9.26. The normalized spacial score (nSPS) is 25.4. The second-order valence-electron chi connectivity index (χ2n) is 8.34. The number of hydrogen-bond donors (Lipinski definition) is 3. The predicted molar refractivity (Wildman–Crippen MR) is 121 cm³/mol. The van der Waals surface area contributed by atoms with Crippen LogP contribution in [-0.2, 0) is 19.0 Å². The van der Waals surface area contributed by atoms with Crippen molar-refractivity contribution in [2.45, 2.75) is 44.2 Å². The lowest BCUT2D eigenvalue weighted by molar-refractivity contribution is -0.199. The largest absolute Gasteiger partial charge is 0.484 e. The van der Waals surface area contributed by atoms with Gasteiger partial charge in [0.25, 0.3) is 11.5 Å². The Morgan fingerprint density at radius 1 is 1.29 bits per heavy atom. The summed E-state index contributed by atoms with van der Waals surface area (Å²) in [6.07, 6.45) is -1.01. The van der Waals surface area contributed by atoms with Crippen molar-refractivity contribution in [2.24, 2.45) is 0 Å². The maximum absolute atomic E-state index is 12.6. The van der Waals surface area contributed by atoms with Gasteiger partial charge in [0, 0.05) is 4.47 Å². The van der Waals surface area contributed by atoms with Crippen molar-refractivity contribution < 1.29 is 28.8 Å². The lowest BCUT2D eigenvalue weighted by Gasteiger charge is -2.24. The molecule has 3 N–H and O–H groups in total. The Morgan fingerprint density at radius 3 is 2.76 bits per heavy atom. The van der Waals surface area contributed by atoms with Crippen molar-refractivity contribution in [3.8, 4) is 5.75 Å². The van der Waals surface area contributed by atoms with Crippen molar-refractivity contribution in [3.05, 3.63) is 45.4 Å². The first-order valence-corrected chi connectivity index (χ1v) is 11.3. The number of nitrogens with zero attached hydrogens (tertiary/aromatic N) is 3. The predicted octanol–water partition coefficient (Wildman–Crippen LogP) is 1.31. The van der Waals surface area contributed by atoms with E-state index in [1.807, 2.05) is 0 Å². The summed E-state index contributed by atoms with van der Waals surface area (Å²) < 4.78 is 25.7. The Balaban J connectivity index is 1.37. The number of amides is 1. The maximum Gasteiger partial charge on any atom is 0.280 e. The SMILES string of the molecule is CC1(C)O[C@@H]2[C@@H](O1)[C@@H](n1cnc3c(=O)[nH]c(NC(=O)COc4ccc(Br)cc4)nc31)O[C@H]2CO. The summed E-state index contributed by atoms with van der Waals surface area (Å²) in [7, 11) is 0. The Kier molecular flexibility index (Phi) is 5.90. The molecule has 2 saturated heterocycles. The molecule has 0 bridgehead atoms. The molecule has 180 valence electrons. The molecule has 12 nitrogen and oxygen atoms in total. The molecular weight excluding hydrogens is 514 g/mol. The van der Waals surface area contributed by atoms with Gasteiger partial charge in [-0.15, -0.1) is 0 Å². The van der Waals surface area contributed by atoms with E-state index in [0.29, 0.717) is 5.75 Å². The van der Waals surface area contributed by atoms with Crippen LogP contribution in [0.3, 0.4) is 0 Å². The van der Waals surface area contributed by atoms with Gasteiger partial charge < -0.3 is 24.1 Å². The zero-order valence-corrected chi connectivity index (χ0v) is 19.8. The van der Waals surface area contributed by atoms with E-state index in [9.17, 15) is 14.7 Å². The van der Waals surface area contributed by atoms with Crippen LogP contribution in [0.15, 0.2) is 39.9 Å². The van der Waals surface area contributed by atoms with E-state index in [-0.39, 0.29) is 30.3 Å². The van der Waals surface area contributed by atoms with Crippen LogP contribution in [-0.4, -0.2) is 67.8 Å². The lowest BCUT2D eigenvalue weighted by Crippen LogP contribution is -2.31. The maximum atomic E-state index is 12.6. The van der Waals surface area contributed by atoms with E-state index in [1.54, 1.807) is 38.1 Å². The first-order valence-electron chi connectivity index (χ1n) is 10.5. The second kappa shape index (κ2) is 8.74. The smallest absolute Gasteiger partial charge is 0.280 e. The zero-order valence-electron chi connectivity index (χ0n) is 18.2. The van der Waals surface area contributed by atoms with Crippen LogP contribution in [0.25, 0.3) is 11.2 Å². The van der Waals surface area contributed by atoms with E-state index in [1.165, 1.54) is 10.9 Å². The minimum atomic E-state index is -0.861.